The zero-order chi connectivity index (χ0) is 10.6. The minimum Gasteiger partial charge on any atom is -0.396 e. The molecule has 0 fully saturated rings. The predicted molar refractivity (Wildman–Crippen MR) is 51.3 cm³/mol. The number of aliphatic hydroxyl groups excluding tert-OH is 1. The van der Waals surface area contributed by atoms with Crippen molar-refractivity contribution in [3.63, 3.8) is 0 Å². The number of carbonyl (C=O) groups is 2. The van der Waals surface area contributed by atoms with Crippen molar-refractivity contribution in [3.8, 4) is 0 Å². The number of carbonyl (C=O) groups excluding carboxylic acids is 2. The Balaban J connectivity index is 2.38. The Morgan fingerprint density at radius 3 is 2.36 bits per heavy atom. The van der Waals surface area contributed by atoms with Gasteiger partial charge in [0.15, 0.2) is 0 Å². The van der Waals surface area contributed by atoms with Crippen LogP contribution in [0.1, 0.15) is 19.8 Å². The summed E-state index contributed by atoms with van der Waals surface area (Å²) in [5.74, 6) is -0.318. The highest BCUT2D eigenvalue weighted by molar-refractivity contribution is 6.12. The molecule has 0 saturated carbocycles. The average Bonchev–Trinajstić information content (AvgIpc) is 2.50. The smallest absolute Gasteiger partial charge is 0.253 e. The zero-order valence-electron chi connectivity index (χ0n) is 8.27. The molecule has 1 unspecified atom stereocenters. The molecule has 0 aliphatic carbocycles. The van der Waals surface area contributed by atoms with E-state index in [1.165, 1.54) is 17.1 Å². The van der Waals surface area contributed by atoms with Crippen LogP contribution in [-0.4, -0.2) is 35.0 Å². The van der Waals surface area contributed by atoms with E-state index in [4.69, 9.17) is 5.11 Å². The van der Waals surface area contributed by atoms with E-state index in [1.807, 2.05) is 6.92 Å². The van der Waals surface area contributed by atoms with Crippen LogP contribution >= 0.6 is 0 Å². The highest BCUT2D eigenvalue weighted by atomic mass is 16.3. The SMILES string of the molecule is CCC(CO)CCN1C(=O)C=CC1=O. The molecule has 1 aliphatic rings. The molecule has 0 saturated heterocycles. The Labute approximate surface area is 83.2 Å². The van der Waals surface area contributed by atoms with Gasteiger partial charge in [0, 0.05) is 25.3 Å². The molecule has 0 spiro atoms. The molecular formula is C10H15NO3. The lowest BCUT2D eigenvalue weighted by atomic mass is 10.0. The molecule has 4 nitrogen and oxygen atoms in total. The average molecular weight is 197 g/mol. The summed E-state index contributed by atoms with van der Waals surface area (Å²) in [5.41, 5.74) is 0. The summed E-state index contributed by atoms with van der Waals surface area (Å²) in [6.45, 7) is 2.50. The Bertz CT molecular complexity index is 238. The lowest BCUT2D eigenvalue weighted by Crippen LogP contribution is -2.32. The molecule has 1 heterocycles. The minimum absolute atomic E-state index is 0.111. The Kier molecular flexibility index (Phi) is 3.83. The summed E-state index contributed by atoms with van der Waals surface area (Å²) in [6.07, 6.45) is 4.09. The van der Waals surface area contributed by atoms with Crippen LogP contribution < -0.4 is 0 Å². The number of rotatable bonds is 5. The molecule has 4 heteroatoms. The van der Waals surface area contributed by atoms with Crippen molar-refractivity contribution < 1.29 is 14.7 Å². The van der Waals surface area contributed by atoms with Crippen LogP contribution in [0.3, 0.4) is 0 Å². The van der Waals surface area contributed by atoms with Crippen molar-refractivity contribution in [2.45, 2.75) is 19.8 Å². The number of amides is 2. The Hall–Kier alpha value is -1.16. The summed E-state index contributed by atoms with van der Waals surface area (Å²) in [6, 6.07) is 0. The highest BCUT2D eigenvalue weighted by Crippen LogP contribution is 2.11. The molecule has 1 atom stereocenters. The molecule has 1 N–H and O–H groups in total. The lowest BCUT2D eigenvalue weighted by molar-refractivity contribution is -0.137. The summed E-state index contributed by atoms with van der Waals surface area (Å²) in [5, 5.41) is 8.93. The molecule has 0 aromatic carbocycles. The Morgan fingerprint density at radius 2 is 1.93 bits per heavy atom. The maximum absolute atomic E-state index is 11.1. The number of nitrogens with zero attached hydrogens (tertiary/aromatic N) is 1. The molecule has 0 radical (unpaired) electrons. The third-order valence-electron chi connectivity index (χ3n) is 2.50. The molecule has 0 aromatic heterocycles. The van der Waals surface area contributed by atoms with E-state index >= 15 is 0 Å². The third kappa shape index (κ3) is 2.42. The fourth-order valence-electron chi connectivity index (χ4n) is 1.39. The first-order valence-corrected chi connectivity index (χ1v) is 4.83. The van der Waals surface area contributed by atoms with Gasteiger partial charge in [-0.05, 0) is 12.3 Å². The maximum Gasteiger partial charge on any atom is 0.253 e. The third-order valence-corrected chi connectivity index (χ3v) is 2.50. The van der Waals surface area contributed by atoms with Crippen LogP contribution in [0, 0.1) is 5.92 Å². The van der Waals surface area contributed by atoms with Crippen molar-refractivity contribution in [3.05, 3.63) is 12.2 Å². The fourth-order valence-corrected chi connectivity index (χ4v) is 1.39. The first kappa shape index (κ1) is 10.9. The zero-order valence-corrected chi connectivity index (χ0v) is 8.27. The largest absolute Gasteiger partial charge is 0.396 e. The fraction of sp³-hybridized carbons (Fsp3) is 0.600. The normalized spacial score (nSPS) is 18.0. The molecule has 0 aromatic rings. The van der Waals surface area contributed by atoms with Gasteiger partial charge in [-0.1, -0.05) is 13.3 Å². The van der Waals surface area contributed by atoms with Crippen molar-refractivity contribution in [1.29, 1.82) is 0 Å². The second-order valence-electron chi connectivity index (χ2n) is 3.41. The van der Waals surface area contributed by atoms with E-state index in [0.29, 0.717) is 13.0 Å². The van der Waals surface area contributed by atoms with E-state index in [-0.39, 0.29) is 24.3 Å². The van der Waals surface area contributed by atoms with Gasteiger partial charge < -0.3 is 5.11 Å². The molecular weight excluding hydrogens is 182 g/mol. The number of hydrogen-bond acceptors (Lipinski definition) is 3. The van der Waals surface area contributed by atoms with Gasteiger partial charge in [-0.15, -0.1) is 0 Å². The molecule has 1 rings (SSSR count). The number of imide groups is 1. The van der Waals surface area contributed by atoms with Crippen LogP contribution in [-0.2, 0) is 9.59 Å². The lowest BCUT2D eigenvalue weighted by Gasteiger charge is -2.17. The quantitative estimate of drug-likeness (QED) is 0.646. The van der Waals surface area contributed by atoms with Gasteiger partial charge in [-0.2, -0.15) is 0 Å². The molecule has 78 valence electrons. The van der Waals surface area contributed by atoms with Crippen LogP contribution in [0.5, 0.6) is 0 Å². The van der Waals surface area contributed by atoms with E-state index in [1.54, 1.807) is 0 Å². The summed E-state index contributed by atoms with van der Waals surface area (Å²) >= 11 is 0. The van der Waals surface area contributed by atoms with Gasteiger partial charge >= 0.3 is 0 Å². The van der Waals surface area contributed by atoms with Gasteiger partial charge in [0.05, 0.1) is 0 Å². The van der Waals surface area contributed by atoms with Crippen molar-refractivity contribution in [1.82, 2.24) is 4.90 Å². The highest BCUT2D eigenvalue weighted by Gasteiger charge is 2.23. The topological polar surface area (TPSA) is 57.6 Å². The molecule has 14 heavy (non-hydrogen) atoms. The van der Waals surface area contributed by atoms with Crippen LogP contribution in [0.25, 0.3) is 0 Å². The summed E-state index contributed by atoms with van der Waals surface area (Å²) < 4.78 is 0. The van der Waals surface area contributed by atoms with E-state index in [9.17, 15) is 9.59 Å². The predicted octanol–water partition coefficient (Wildman–Crippen LogP) is 0.320. The van der Waals surface area contributed by atoms with Gasteiger partial charge in [-0.25, -0.2) is 0 Å². The van der Waals surface area contributed by atoms with E-state index in [0.717, 1.165) is 6.42 Å². The van der Waals surface area contributed by atoms with E-state index < -0.39 is 0 Å². The van der Waals surface area contributed by atoms with Gasteiger partial charge in [0.25, 0.3) is 11.8 Å². The molecule has 1 aliphatic heterocycles. The van der Waals surface area contributed by atoms with Gasteiger partial charge in [0.2, 0.25) is 0 Å². The molecule has 2 amide bonds. The first-order valence-electron chi connectivity index (χ1n) is 4.83. The van der Waals surface area contributed by atoms with E-state index in [2.05, 4.69) is 0 Å². The minimum atomic E-state index is -0.247. The standard InChI is InChI=1S/C10H15NO3/c1-2-8(7-12)5-6-11-9(13)3-4-10(11)14/h3-4,8,12H,2,5-7H2,1H3. The van der Waals surface area contributed by atoms with Crippen molar-refractivity contribution >= 4 is 11.8 Å². The van der Waals surface area contributed by atoms with Gasteiger partial charge in [0.1, 0.15) is 0 Å². The first-order chi connectivity index (χ1) is 6.69. The van der Waals surface area contributed by atoms with Crippen LogP contribution in [0.4, 0.5) is 0 Å². The summed E-state index contributed by atoms with van der Waals surface area (Å²) in [4.78, 5) is 23.5. The number of aliphatic hydroxyl groups is 1. The molecule has 0 bridgehead atoms. The van der Waals surface area contributed by atoms with Crippen LogP contribution in [0.15, 0.2) is 12.2 Å². The monoisotopic (exact) mass is 197 g/mol. The van der Waals surface area contributed by atoms with Crippen molar-refractivity contribution in [2.75, 3.05) is 13.2 Å². The van der Waals surface area contributed by atoms with Crippen LogP contribution in [0.2, 0.25) is 0 Å². The van der Waals surface area contributed by atoms with Crippen molar-refractivity contribution in [2.24, 2.45) is 5.92 Å². The second kappa shape index (κ2) is 4.91. The van der Waals surface area contributed by atoms with Gasteiger partial charge in [-0.3, -0.25) is 14.5 Å². The summed E-state index contributed by atoms with van der Waals surface area (Å²) in [7, 11) is 0. The second-order valence-corrected chi connectivity index (χ2v) is 3.41. The number of hydrogen-bond donors (Lipinski definition) is 1. The maximum atomic E-state index is 11.1. The Morgan fingerprint density at radius 1 is 1.36 bits per heavy atom.